The van der Waals surface area contributed by atoms with Crippen molar-refractivity contribution in [3.63, 3.8) is 0 Å². The van der Waals surface area contributed by atoms with Gasteiger partial charge in [-0.1, -0.05) is 34.1 Å². The highest BCUT2D eigenvalue weighted by Gasteiger charge is 2.48. The van der Waals surface area contributed by atoms with Gasteiger partial charge < -0.3 is 14.8 Å². The summed E-state index contributed by atoms with van der Waals surface area (Å²) in [5.74, 6) is 0.978. The topological polar surface area (TPSA) is 47.6 Å². The summed E-state index contributed by atoms with van der Waals surface area (Å²) in [5, 5.41) is 3.15. The highest BCUT2D eigenvalue weighted by Crippen LogP contribution is 2.49. The van der Waals surface area contributed by atoms with Crippen LogP contribution in [0.4, 0.5) is 0 Å². The molecule has 1 fully saturated rings. The third kappa shape index (κ3) is 3.35. The van der Waals surface area contributed by atoms with Crippen LogP contribution in [0.5, 0.6) is 5.75 Å². The van der Waals surface area contributed by atoms with Crippen molar-refractivity contribution >= 4 is 21.9 Å². The highest BCUT2D eigenvalue weighted by molar-refractivity contribution is 9.10. The Labute approximate surface area is 174 Å². The number of nitrogens with one attached hydrogen (secondary N) is 1. The second-order valence-corrected chi connectivity index (χ2v) is 8.67. The van der Waals surface area contributed by atoms with Gasteiger partial charge in [-0.25, -0.2) is 0 Å². The molecule has 0 bridgehead atoms. The van der Waals surface area contributed by atoms with Crippen LogP contribution >= 0.6 is 15.9 Å². The van der Waals surface area contributed by atoms with E-state index in [1.54, 1.807) is 0 Å². The van der Waals surface area contributed by atoms with Crippen molar-refractivity contribution in [2.75, 3.05) is 13.6 Å². The van der Waals surface area contributed by atoms with Gasteiger partial charge >= 0.3 is 5.97 Å². The minimum absolute atomic E-state index is 0.0623. The van der Waals surface area contributed by atoms with Crippen LogP contribution in [0.2, 0.25) is 0 Å². The second-order valence-electron chi connectivity index (χ2n) is 7.81. The van der Waals surface area contributed by atoms with Gasteiger partial charge in [-0.3, -0.25) is 4.79 Å². The van der Waals surface area contributed by atoms with Crippen LogP contribution in [0, 0.1) is 25.7 Å². The highest BCUT2D eigenvalue weighted by atomic mass is 79.9. The van der Waals surface area contributed by atoms with Gasteiger partial charge in [0.1, 0.15) is 18.5 Å². The predicted molar refractivity (Wildman–Crippen MR) is 112 cm³/mol. The fourth-order valence-electron chi connectivity index (χ4n) is 4.68. The third-order valence-electron chi connectivity index (χ3n) is 6.15. The van der Waals surface area contributed by atoms with Crippen LogP contribution in [-0.2, 0) is 22.6 Å². The van der Waals surface area contributed by atoms with Crippen molar-refractivity contribution in [2.45, 2.75) is 39.4 Å². The molecule has 2 unspecified atom stereocenters. The standard InChI is InChI=1S/C23H26BrNO3/c1-13-10-20(27-12-15-6-4-5-7-19(15)24)14(2)21-16(13)8-9-17-18(11-25-3)23(26)28-22(17)21/h4-7,10,17-18,22,25H,8-9,11-12H2,1-3H3/t17?,18?,22-/m1/s1. The van der Waals surface area contributed by atoms with E-state index in [1.807, 2.05) is 25.2 Å². The lowest BCUT2D eigenvalue weighted by molar-refractivity contribution is -0.144. The number of aryl methyl sites for hydroxylation is 1. The van der Waals surface area contributed by atoms with Crippen LogP contribution in [0.15, 0.2) is 34.8 Å². The first-order chi connectivity index (χ1) is 13.5. The second kappa shape index (κ2) is 7.88. The number of ether oxygens (including phenoxy) is 2. The van der Waals surface area contributed by atoms with Crippen LogP contribution in [0.3, 0.4) is 0 Å². The van der Waals surface area contributed by atoms with E-state index in [4.69, 9.17) is 9.47 Å². The van der Waals surface area contributed by atoms with Crippen molar-refractivity contribution in [3.05, 3.63) is 62.6 Å². The summed E-state index contributed by atoms with van der Waals surface area (Å²) in [4.78, 5) is 12.5. The minimum Gasteiger partial charge on any atom is -0.489 e. The summed E-state index contributed by atoms with van der Waals surface area (Å²) in [6.45, 7) is 5.39. The monoisotopic (exact) mass is 443 g/mol. The van der Waals surface area contributed by atoms with Crippen LogP contribution < -0.4 is 10.1 Å². The van der Waals surface area contributed by atoms with E-state index in [9.17, 15) is 4.79 Å². The van der Waals surface area contributed by atoms with Gasteiger partial charge in [0, 0.05) is 28.1 Å². The number of hydrogen-bond acceptors (Lipinski definition) is 4. The Balaban J connectivity index is 1.66. The first kappa shape index (κ1) is 19.5. The van der Waals surface area contributed by atoms with Crippen molar-refractivity contribution in [1.29, 1.82) is 0 Å². The van der Waals surface area contributed by atoms with E-state index in [-0.39, 0.29) is 23.9 Å². The summed E-state index contributed by atoms with van der Waals surface area (Å²) < 4.78 is 13.1. The first-order valence-corrected chi connectivity index (χ1v) is 10.6. The Morgan fingerprint density at radius 1 is 1.29 bits per heavy atom. The summed E-state index contributed by atoms with van der Waals surface area (Å²) in [7, 11) is 1.89. The number of hydrogen-bond donors (Lipinski definition) is 1. The third-order valence-corrected chi connectivity index (χ3v) is 6.92. The zero-order valence-electron chi connectivity index (χ0n) is 16.5. The molecule has 0 saturated carbocycles. The molecule has 2 aromatic rings. The lowest BCUT2D eigenvalue weighted by Gasteiger charge is -2.31. The SMILES string of the molecule is CNCC1C(=O)O[C@H]2c3c(C)c(OCc4ccccc4Br)cc(C)c3CCC12. The number of carbonyl (C=O) groups is 1. The normalized spacial score (nSPS) is 23.1. The maximum atomic E-state index is 12.5. The van der Waals surface area contributed by atoms with E-state index in [0.29, 0.717) is 13.2 Å². The summed E-state index contributed by atoms with van der Waals surface area (Å²) >= 11 is 3.58. The van der Waals surface area contributed by atoms with Gasteiger partial charge in [-0.05, 0) is 62.6 Å². The molecule has 0 amide bonds. The van der Waals surface area contributed by atoms with Crippen molar-refractivity contribution in [2.24, 2.45) is 11.8 Å². The lowest BCUT2D eigenvalue weighted by atomic mass is 9.74. The van der Waals surface area contributed by atoms with Gasteiger partial charge in [-0.15, -0.1) is 0 Å². The van der Waals surface area contributed by atoms with E-state index >= 15 is 0 Å². The molecular formula is C23H26BrNO3. The number of esters is 1. The number of halogens is 1. The molecule has 2 aromatic carbocycles. The molecule has 4 rings (SSSR count). The molecule has 1 heterocycles. The van der Waals surface area contributed by atoms with Gasteiger partial charge in [0.2, 0.25) is 0 Å². The van der Waals surface area contributed by atoms with Crippen LogP contribution in [0.1, 0.15) is 40.3 Å². The number of rotatable bonds is 5. The van der Waals surface area contributed by atoms with E-state index in [1.165, 1.54) is 16.7 Å². The zero-order chi connectivity index (χ0) is 19.8. The summed E-state index contributed by atoms with van der Waals surface area (Å²) in [5.41, 5.74) is 5.92. The first-order valence-electron chi connectivity index (χ1n) is 9.85. The average Bonchev–Trinajstić information content (AvgIpc) is 3.00. The van der Waals surface area contributed by atoms with E-state index in [0.717, 1.165) is 34.2 Å². The smallest absolute Gasteiger partial charge is 0.311 e. The van der Waals surface area contributed by atoms with E-state index in [2.05, 4.69) is 47.2 Å². The number of benzene rings is 2. The molecule has 1 N–H and O–H groups in total. The summed E-state index contributed by atoms with van der Waals surface area (Å²) in [6, 6.07) is 10.2. The Morgan fingerprint density at radius 3 is 2.82 bits per heavy atom. The fourth-order valence-corrected chi connectivity index (χ4v) is 5.08. The summed E-state index contributed by atoms with van der Waals surface area (Å²) in [6.07, 6.45) is 1.83. The van der Waals surface area contributed by atoms with Gasteiger partial charge in [-0.2, -0.15) is 0 Å². The molecule has 1 saturated heterocycles. The largest absolute Gasteiger partial charge is 0.489 e. The quantitative estimate of drug-likeness (QED) is 0.683. The molecule has 1 aliphatic heterocycles. The molecule has 1 aliphatic carbocycles. The average molecular weight is 444 g/mol. The lowest BCUT2D eigenvalue weighted by Crippen LogP contribution is -2.30. The van der Waals surface area contributed by atoms with Crippen molar-refractivity contribution in [3.8, 4) is 5.75 Å². The molecule has 0 spiro atoms. The van der Waals surface area contributed by atoms with E-state index < -0.39 is 0 Å². The molecule has 5 heteroatoms. The molecule has 0 aromatic heterocycles. The molecule has 2 aliphatic rings. The molecule has 0 radical (unpaired) electrons. The fraction of sp³-hybridized carbons (Fsp3) is 0.435. The number of fused-ring (bicyclic) bond motifs is 3. The Hall–Kier alpha value is -1.85. The Kier molecular flexibility index (Phi) is 5.48. The maximum absolute atomic E-state index is 12.5. The van der Waals surface area contributed by atoms with Crippen molar-refractivity contribution < 1.29 is 14.3 Å². The molecule has 4 nitrogen and oxygen atoms in total. The maximum Gasteiger partial charge on any atom is 0.311 e. The zero-order valence-corrected chi connectivity index (χ0v) is 18.1. The molecule has 28 heavy (non-hydrogen) atoms. The van der Waals surface area contributed by atoms with Gasteiger partial charge in [0.15, 0.2) is 0 Å². The predicted octanol–water partition coefficient (Wildman–Crippen LogP) is 4.64. The van der Waals surface area contributed by atoms with Crippen LogP contribution in [0.25, 0.3) is 0 Å². The van der Waals surface area contributed by atoms with Gasteiger partial charge in [0.05, 0.1) is 5.92 Å². The molecule has 3 atom stereocenters. The molecule has 148 valence electrons. The minimum atomic E-state index is -0.152. The number of carbonyl (C=O) groups excluding carboxylic acids is 1. The van der Waals surface area contributed by atoms with Crippen molar-refractivity contribution in [1.82, 2.24) is 5.32 Å². The molecular weight excluding hydrogens is 418 g/mol. The Bertz CT molecular complexity index is 911. The van der Waals surface area contributed by atoms with Gasteiger partial charge in [0.25, 0.3) is 0 Å². The Morgan fingerprint density at radius 2 is 2.07 bits per heavy atom. The van der Waals surface area contributed by atoms with Crippen LogP contribution in [-0.4, -0.2) is 19.6 Å².